The summed E-state index contributed by atoms with van der Waals surface area (Å²) in [7, 11) is 0. The van der Waals surface area contributed by atoms with Crippen LogP contribution in [0.2, 0.25) is 5.15 Å². The van der Waals surface area contributed by atoms with Crippen LogP contribution in [0.5, 0.6) is 0 Å². The molecule has 3 nitrogen and oxygen atoms in total. The van der Waals surface area contributed by atoms with Gasteiger partial charge in [0.25, 0.3) is 0 Å². The Morgan fingerprint density at radius 1 is 1.29 bits per heavy atom. The van der Waals surface area contributed by atoms with Gasteiger partial charge in [-0.05, 0) is 25.1 Å². The van der Waals surface area contributed by atoms with E-state index in [-0.39, 0.29) is 0 Å². The van der Waals surface area contributed by atoms with Crippen molar-refractivity contribution in [2.24, 2.45) is 0 Å². The lowest BCUT2D eigenvalue weighted by Crippen LogP contribution is -2.46. The van der Waals surface area contributed by atoms with Crippen molar-refractivity contribution >= 4 is 11.6 Å². The third-order valence-corrected chi connectivity index (χ3v) is 3.86. The first kappa shape index (κ1) is 12.8. The summed E-state index contributed by atoms with van der Waals surface area (Å²) in [5.74, 6) is 0. The molecule has 0 aliphatic carbocycles. The van der Waals surface area contributed by atoms with Crippen LogP contribution in [0.25, 0.3) is 0 Å². The van der Waals surface area contributed by atoms with E-state index in [0.717, 1.165) is 19.6 Å². The average Bonchev–Trinajstić information content (AvgIpc) is 2.39. The quantitative estimate of drug-likeness (QED) is 0.772. The van der Waals surface area contributed by atoms with E-state index in [1.807, 2.05) is 12.3 Å². The molecule has 1 saturated heterocycles. The average molecular weight is 254 g/mol. The normalized spacial score (nSPS) is 20.4. The molecule has 1 fully saturated rings. The molecule has 2 rings (SSSR count). The smallest absolute Gasteiger partial charge is 0.129 e. The molecule has 2 heterocycles. The minimum Gasteiger partial charge on any atom is -0.301 e. The zero-order valence-corrected chi connectivity index (χ0v) is 11.3. The predicted molar refractivity (Wildman–Crippen MR) is 71.3 cm³/mol. The topological polar surface area (TPSA) is 19.4 Å². The molecule has 1 aromatic rings. The number of piperazine rings is 1. The molecule has 1 atom stereocenters. The Kier molecular flexibility index (Phi) is 4.37. The van der Waals surface area contributed by atoms with Gasteiger partial charge >= 0.3 is 0 Å². The molecule has 0 saturated carbocycles. The van der Waals surface area contributed by atoms with Crippen molar-refractivity contribution in [2.75, 3.05) is 32.7 Å². The summed E-state index contributed by atoms with van der Waals surface area (Å²) in [6, 6.07) is 4.38. The van der Waals surface area contributed by atoms with Crippen molar-refractivity contribution in [1.82, 2.24) is 14.8 Å². The van der Waals surface area contributed by atoms with Gasteiger partial charge in [0.1, 0.15) is 5.15 Å². The number of likely N-dealkylation sites (N-methyl/N-ethyl adjacent to an activating group) is 1. The fourth-order valence-corrected chi connectivity index (χ4v) is 2.42. The van der Waals surface area contributed by atoms with Crippen LogP contribution in [0.1, 0.15) is 25.5 Å². The zero-order valence-electron chi connectivity index (χ0n) is 10.6. The first-order chi connectivity index (χ1) is 8.20. The molecule has 1 aliphatic heterocycles. The largest absolute Gasteiger partial charge is 0.301 e. The summed E-state index contributed by atoms with van der Waals surface area (Å²) in [6.45, 7) is 10.2. The molecule has 0 radical (unpaired) electrons. The third kappa shape index (κ3) is 3.18. The van der Waals surface area contributed by atoms with Crippen LogP contribution in [0.15, 0.2) is 18.3 Å². The van der Waals surface area contributed by atoms with Crippen molar-refractivity contribution in [1.29, 1.82) is 0 Å². The van der Waals surface area contributed by atoms with Gasteiger partial charge in [0.2, 0.25) is 0 Å². The highest BCUT2D eigenvalue weighted by Crippen LogP contribution is 2.21. The predicted octanol–water partition coefficient (Wildman–Crippen LogP) is 2.43. The van der Waals surface area contributed by atoms with Crippen LogP contribution in [-0.4, -0.2) is 47.5 Å². The van der Waals surface area contributed by atoms with Crippen molar-refractivity contribution in [3.63, 3.8) is 0 Å². The van der Waals surface area contributed by atoms with Crippen LogP contribution in [-0.2, 0) is 0 Å². The number of halogens is 1. The number of nitrogens with zero attached hydrogens (tertiary/aromatic N) is 3. The molecule has 94 valence electrons. The maximum absolute atomic E-state index is 5.81. The first-order valence-electron chi connectivity index (χ1n) is 6.28. The second-order valence-electron chi connectivity index (χ2n) is 4.56. The zero-order chi connectivity index (χ0) is 12.3. The highest BCUT2D eigenvalue weighted by molar-refractivity contribution is 6.29. The Morgan fingerprint density at radius 3 is 2.53 bits per heavy atom. The van der Waals surface area contributed by atoms with Crippen molar-refractivity contribution in [3.8, 4) is 0 Å². The fourth-order valence-electron chi connectivity index (χ4n) is 2.31. The summed E-state index contributed by atoms with van der Waals surface area (Å²) in [5, 5.41) is 0.566. The minimum absolute atomic E-state index is 0.429. The Labute approximate surface area is 108 Å². The van der Waals surface area contributed by atoms with Crippen molar-refractivity contribution in [3.05, 3.63) is 29.0 Å². The second-order valence-corrected chi connectivity index (χ2v) is 4.95. The number of rotatable bonds is 3. The highest BCUT2D eigenvalue weighted by atomic mass is 35.5. The van der Waals surface area contributed by atoms with E-state index in [1.54, 1.807) is 0 Å². The number of aromatic nitrogens is 1. The van der Waals surface area contributed by atoms with Gasteiger partial charge in [-0.15, -0.1) is 0 Å². The Morgan fingerprint density at radius 2 is 2.00 bits per heavy atom. The highest BCUT2D eigenvalue weighted by Gasteiger charge is 2.21. The van der Waals surface area contributed by atoms with Gasteiger partial charge in [-0.25, -0.2) is 4.98 Å². The molecule has 0 aromatic carbocycles. The van der Waals surface area contributed by atoms with Gasteiger partial charge in [0, 0.05) is 38.4 Å². The van der Waals surface area contributed by atoms with E-state index in [2.05, 4.69) is 34.7 Å². The SMILES string of the molecule is CCN1CCN(C(C)c2ccc(Cl)nc2)CC1. The van der Waals surface area contributed by atoms with Crippen LogP contribution in [0, 0.1) is 0 Å². The van der Waals surface area contributed by atoms with Gasteiger partial charge in [-0.2, -0.15) is 0 Å². The number of pyridine rings is 1. The molecule has 4 heteroatoms. The van der Waals surface area contributed by atoms with E-state index >= 15 is 0 Å². The van der Waals surface area contributed by atoms with E-state index in [0.29, 0.717) is 11.2 Å². The molecule has 17 heavy (non-hydrogen) atoms. The molecular weight excluding hydrogens is 234 g/mol. The lowest BCUT2D eigenvalue weighted by molar-refractivity contribution is 0.106. The van der Waals surface area contributed by atoms with Crippen molar-refractivity contribution in [2.45, 2.75) is 19.9 Å². The summed E-state index contributed by atoms with van der Waals surface area (Å²) < 4.78 is 0. The van der Waals surface area contributed by atoms with Crippen LogP contribution >= 0.6 is 11.6 Å². The molecular formula is C13H20ClN3. The van der Waals surface area contributed by atoms with Gasteiger partial charge in [0.05, 0.1) is 0 Å². The van der Waals surface area contributed by atoms with Gasteiger partial charge < -0.3 is 4.90 Å². The van der Waals surface area contributed by atoms with Gasteiger partial charge in [0.15, 0.2) is 0 Å². The molecule has 0 N–H and O–H groups in total. The summed E-state index contributed by atoms with van der Waals surface area (Å²) in [4.78, 5) is 9.15. The first-order valence-corrected chi connectivity index (χ1v) is 6.66. The summed E-state index contributed by atoms with van der Waals surface area (Å²) in [6.07, 6.45) is 1.89. The third-order valence-electron chi connectivity index (χ3n) is 3.63. The maximum Gasteiger partial charge on any atom is 0.129 e. The van der Waals surface area contributed by atoms with E-state index in [4.69, 9.17) is 11.6 Å². The van der Waals surface area contributed by atoms with Crippen molar-refractivity contribution < 1.29 is 0 Å². The van der Waals surface area contributed by atoms with E-state index in [1.165, 1.54) is 18.7 Å². The molecule has 1 aliphatic rings. The monoisotopic (exact) mass is 253 g/mol. The molecule has 0 bridgehead atoms. The van der Waals surface area contributed by atoms with Crippen LogP contribution < -0.4 is 0 Å². The van der Waals surface area contributed by atoms with Gasteiger partial charge in [-0.3, -0.25) is 4.90 Å². The molecule has 1 unspecified atom stereocenters. The number of hydrogen-bond acceptors (Lipinski definition) is 3. The fraction of sp³-hybridized carbons (Fsp3) is 0.615. The summed E-state index contributed by atoms with van der Waals surface area (Å²) >= 11 is 5.81. The van der Waals surface area contributed by atoms with E-state index in [9.17, 15) is 0 Å². The lowest BCUT2D eigenvalue weighted by atomic mass is 10.1. The molecule has 0 spiro atoms. The van der Waals surface area contributed by atoms with E-state index < -0.39 is 0 Å². The maximum atomic E-state index is 5.81. The Balaban J connectivity index is 1.96. The van der Waals surface area contributed by atoms with Crippen LogP contribution in [0.3, 0.4) is 0 Å². The molecule has 1 aromatic heterocycles. The Hall–Kier alpha value is -0.640. The standard InChI is InChI=1S/C13H20ClN3/c1-3-16-6-8-17(9-7-16)11(2)12-4-5-13(14)15-10-12/h4-5,10-11H,3,6-9H2,1-2H3. The number of hydrogen-bond donors (Lipinski definition) is 0. The minimum atomic E-state index is 0.429. The van der Waals surface area contributed by atoms with Gasteiger partial charge in [-0.1, -0.05) is 24.6 Å². The lowest BCUT2D eigenvalue weighted by Gasteiger charge is -2.37. The molecule has 0 amide bonds. The summed E-state index contributed by atoms with van der Waals surface area (Å²) in [5.41, 5.74) is 1.25. The van der Waals surface area contributed by atoms with Crippen LogP contribution in [0.4, 0.5) is 0 Å². The Bertz CT molecular complexity index is 344. The second kappa shape index (κ2) is 5.80.